The molecule has 0 aliphatic heterocycles. The fourth-order valence-electron chi connectivity index (χ4n) is 1.62. The van der Waals surface area contributed by atoms with Gasteiger partial charge in [-0.25, -0.2) is 4.39 Å². The van der Waals surface area contributed by atoms with Crippen molar-refractivity contribution in [3.8, 4) is 0 Å². The summed E-state index contributed by atoms with van der Waals surface area (Å²) in [5.74, 6) is -0.844. The van der Waals surface area contributed by atoms with Crippen LogP contribution in [0.4, 0.5) is 4.39 Å². The van der Waals surface area contributed by atoms with E-state index in [1.54, 1.807) is 18.2 Å². The minimum Gasteiger partial charge on any atom is -0.289 e. The maximum atomic E-state index is 13.3. The summed E-state index contributed by atoms with van der Waals surface area (Å²) >= 11 is 5.78. The fourth-order valence-corrected chi connectivity index (χ4v) is 1.83. The number of ketones is 1. The molecule has 0 amide bonds. The van der Waals surface area contributed by atoms with Gasteiger partial charge in [-0.3, -0.25) is 4.79 Å². The third-order valence-electron chi connectivity index (χ3n) is 2.48. The quantitative estimate of drug-likeness (QED) is 0.734. The summed E-state index contributed by atoms with van der Waals surface area (Å²) in [5, 5.41) is -0.126. The van der Waals surface area contributed by atoms with Crippen molar-refractivity contribution >= 4 is 17.4 Å². The Morgan fingerprint density at radius 2 is 1.88 bits per heavy atom. The molecule has 0 spiro atoms. The van der Waals surface area contributed by atoms with E-state index in [4.69, 9.17) is 11.6 Å². The van der Waals surface area contributed by atoms with Crippen molar-refractivity contribution in [1.82, 2.24) is 0 Å². The molecule has 2 aromatic rings. The standard InChI is InChI=1S/C14H10ClFO/c1-9-4-2-5-10(8-9)14(17)11-6-3-7-12(16)13(11)15/h2-8H,1H3. The van der Waals surface area contributed by atoms with Crippen molar-refractivity contribution in [2.75, 3.05) is 0 Å². The molecule has 0 heterocycles. The number of carbonyl (C=O) groups is 1. The normalized spacial score (nSPS) is 10.3. The van der Waals surface area contributed by atoms with Crippen LogP contribution < -0.4 is 0 Å². The van der Waals surface area contributed by atoms with Crippen LogP contribution in [0.5, 0.6) is 0 Å². The van der Waals surface area contributed by atoms with E-state index in [1.165, 1.54) is 18.2 Å². The molecule has 0 N–H and O–H groups in total. The number of hydrogen-bond acceptors (Lipinski definition) is 1. The van der Waals surface area contributed by atoms with Crippen LogP contribution in [0.2, 0.25) is 5.02 Å². The Balaban J connectivity index is 2.48. The molecule has 0 radical (unpaired) electrons. The summed E-state index contributed by atoms with van der Waals surface area (Å²) < 4.78 is 13.3. The molecular formula is C14H10ClFO. The lowest BCUT2D eigenvalue weighted by atomic mass is 10.0. The summed E-state index contributed by atoms with van der Waals surface area (Å²) in [5.41, 5.74) is 1.68. The van der Waals surface area contributed by atoms with E-state index in [0.717, 1.165) is 5.56 Å². The molecule has 0 atom stereocenters. The number of benzene rings is 2. The smallest absolute Gasteiger partial charge is 0.194 e. The zero-order valence-electron chi connectivity index (χ0n) is 9.21. The summed E-state index contributed by atoms with van der Waals surface area (Å²) in [6.45, 7) is 1.89. The first-order valence-corrected chi connectivity index (χ1v) is 5.53. The molecule has 0 unspecified atom stereocenters. The van der Waals surface area contributed by atoms with Gasteiger partial charge in [0.15, 0.2) is 5.78 Å². The maximum absolute atomic E-state index is 13.3. The second-order valence-corrected chi connectivity index (χ2v) is 4.18. The van der Waals surface area contributed by atoms with Gasteiger partial charge in [-0.2, -0.15) is 0 Å². The first kappa shape index (κ1) is 11.8. The van der Waals surface area contributed by atoms with Gasteiger partial charge in [0.25, 0.3) is 0 Å². The molecule has 3 heteroatoms. The van der Waals surface area contributed by atoms with Gasteiger partial charge in [0.05, 0.1) is 5.02 Å². The summed E-state index contributed by atoms with van der Waals surface area (Å²) in [4.78, 5) is 12.1. The van der Waals surface area contributed by atoms with Crippen molar-refractivity contribution < 1.29 is 9.18 Å². The van der Waals surface area contributed by atoms with E-state index >= 15 is 0 Å². The number of carbonyl (C=O) groups excluding carboxylic acids is 1. The van der Waals surface area contributed by atoms with Crippen LogP contribution >= 0.6 is 11.6 Å². The van der Waals surface area contributed by atoms with Gasteiger partial charge in [-0.15, -0.1) is 0 Å². The van der Waals surface area contributed by atoms with Crippen LogP contribution in [0.1, 0.15) is 21.5 Å². The summed E-state index contributed by atoms with van der Waals surface area (Å²) in [6.07, 6.45) is 0. The van der Waals surface area contributed by atoms with Gasteiger partial charge in [0.1, 0.15) is 5.82 Å². The second-order valence-electron chi connectivity index (χ2n) is 3.80. The molecule has 2 aromatic carbocycles. The van der Waals surface area contributed by atoms with Crippen molar-refractivity contribution in [3.05, 3.63) is 70.0 Å². The Labute approximate surface area is 104 Å². The molecule has 0 saturated carbocycles. The van der Waals surface area contributed by atoms with Crippen LogP contribution in [0.3, 0.4) is 0 Å². The van der Waals surface area contributed by atoms with Crippen molar-refractivity contribution in [2.24, 2.45) is 0 Å². The molecule has 0 saturated heterocycles. The highest BCUT2D eigenvalue weighted by Gasteiger charge is 2.15. The Hall–Kier alpha value is -1.67. The topological polar surface area (TPSA) is 17.1 Å². The Bertz CT molecular complexity index is 578. The molecule has 0 aliphatic carbocycles. The highest BCUT2D eigenvalue weighted by molar-refractivity contribution is 6.35. The van der Waals surface area contributed by atoms with Crippen LogP contribution in [0, 0.1) is 12.7 Å². The largest absolute Gasteiger partial charge is 0.289 e. The van der Waals surface area contributed by atoms with Crippen LogP contribution in [-0.2, 0) is 0 Å². The van der Waals surface area contributed by atoms with Gasteiger partial charge in [0.2, 0.25) is 0 Å². The predicted molar refractivity (Wildman–Crippen MR) is 66.0 cm³/mol. The second kappa shape index (κ2) is 4.68. The monoisotopic (exact) mass is 248 g/mol. The van der Waals surface area contributed by atoms with E-state index in [2.05, 4.69) is 0 Å². The van der Waals surface area contributed by atoms with E-state index in [9.17, 15) is 9.18 Å². The van der Waals surface area contributed by atoms with E-state index in [0.29, 0.717) is 5.56 Å². The van der Waals surface area contributed by atoms with Gasteiger partial charge in [-0.05, 0) is 25.1 Å². The highest BCUT2D eigenvalue weighted by Crippen LogP contribution is 2.22. The lowest BCUT2D eigenvalue weighted by molar-refractivity contribution is 0.103. The number of rotatable bonds is 2. The van der Waals surface area contributed by atoms with Gasteiger partial charge >= 0.3 is 0 Å². The van der Waals surface area contributed by atoms with Gasteiger partial charge in [0, 0.05) is 11.1 Å². The lowest BCUT2D eigenvalue weighted by Crippen LogP contribution is -2.03. The SMILES string of the molecule is Cc1cccc(C(=O)c2cccc(F)c2Cl)c1. The number of halogens is 2. The molecule has 0 aliphatic rings. The molecule has 0 bridgehead atoms. The zero-order chi connectivity index (χ0) is 12.4. The van der Waals surface area contributed by atoms with E-state index in [1.807, 2.05) is 13.0 Å². The van der Waals surface area contributed by atoms with Crippen molar-refractivity contribution in [2.45, 2.75) is 6.92 Å². The Kier molecular flexibility index (Phi) is 3.25. The molecule has 86 valence electrons. The number of hydrogen-bond donors (Lipinski definition) is 0. The summed E-state index contributed by atoms with van der Waals surface area (Å²) in [6, 6.07) is 11.4. The van der Waals surface area contributed by atoms with Gasteiger partial charge < -0.3 is 0 Å². The first-order valence-electron chi connectivity index (χ1n) is 5.15. The average molecular weight is 249 g/mol. The van der Waals surface area contributed by atoms with E-state index in [-0.39, 0.29) is 16.4 Å². The predicted octanol–water partition coefficient (Wildman–Crippen LogP) is 4.02. The molecule has 1 nitrogen and oxygen atoms in total. The van der Waals surface area contributed by atoms with Crippen LogP contribution in [0.15, 0.2) is 42.5 Å². The molecule has 17 heavy (non-hydrogen) atoms. The minimum atomic E-state index is -0.579. The zero-order valence-corrected chi connectivity index (χ0v) is 9.96. The summed E-state index contributed by atoms with van der Waals surface area (Å²) in [7, 11) is 0. The molecule has 2 rings (SSSR count). The third-order valence-corrected chi connectivity index (χ3v) is 2.86. The van der Waals surface area contributed by atoms with E-state index < -0.39 is 5.82 Å². The fraction of sp³-hybridized carbons (Fsp3) is 0.0714. The lowest BCUT2D eigenvalue weighted by Gasteiger charge is -2.05. The van der Waals surface area contributed by atoms with Crippen molar-refractivity contribution in [1.29, 1.82) is 0 Å². The molecule has 0 fully saturated rings. The van der Waals surface area contributed by atoms with Gasteiger partial charge in [-0.1, -0.05) is 41.4 Å². The maximum Gasteiger partial charge on any atom is 0.194 e. The molecule has 0 aromatic heterocycles. The average Bonchev–Trinajstić information content (AvgIpc) is 2.32. The van der Waals surface area contributed by atoms with Crippen LogP contribution in [0.25, 0.3) is 0 Å². The third kappa shape index (κ3) is 2.37. The van der Waals surface area contributed by atoms with Crippen LogP contribution in [-0.4, -0.2) is 5.78 Å². The number of aryl methyl sites for hydroxylation is 1. The molecular weight excluding hydrogens is 239 g/mol. The van der Waals surface area contributed by atoms with Crippen molar-refractivity contribution in [3.63, 3.8) is 0 Å². The highest BCUT2D eigenvalue weighted by atomic mass is 35.5. The minimum absolute atomic E-state index is 0.126. The Morgan fingerprint density at radius 3 is 2.59 bits per heavy atom. The Morgan fingerprint density at radius 1 is 1.18 bits per heavy atom. The first-order chi connectivity index (χ1) is 8.09.